The largest absolute Gasteiger partial charge is 0.454 e. The summed E-state index contributed by atoms with van der Waals surface area (Å²) in [6, 6.07) is 16.9. The molecule has 0 amide bonds. The predicted octanol–water partition coefficient (Wildman–Crippen LogP) is 3.33. The number of hydrogen-bond donors (Lipinski definition) is 1. The van der Waals surface area contributed by atoms with E-state index in [2.05, 4.69) is 42.3 Å². The summed E-state index contributed by atoms with van der Waals surface area (Å²) in [5.41, 5.74) is 8.43. The fraction of sp³-hybridized carbons (Fsp3) is 0.333. The van der Waals surface area contributed by atoms with E-state index in [9.17, 15) is 0 Å². The molecule has 0 saturated carbocycles. The Morgan fingerprint density at radius 3 is 2.55 bits per heavy atom. The predicted molar refractivity (Wildman–Crippen MR) is 88.4 cm³/mol. The third kappa shape index (κ3) is 3.02. The van der Waals surface area contributed by atoms with Gasteiger partial charge in [-0.2, -0.15) is 0 Å². The van der Waals surface area contributed by atoms with Crippen molar-refractivity contribution in [3.63, 3.8) is 0 Å². The Labute approximate surface area is 131 Å². The van der Waals surface area contributed by atoms with E-state index < -0.39 is 0 Å². The molecule has 116 valence electrons. The van der Waals surface area contributed by atoms with Crippen LogP contribution >= 0.6 is 0 Å². The molecule has 0 bridgehead atoms. The highest BCUT2D eigenvalue weighted by Gasteiger charge is 2.21. The van der Waals surface area contributed by atoms with Gasteiger partial charge in [0.1, 0.15) is 0 Å². The molecule has 2 atom stereocenters. The van der Waals surface area contributed by atoms with Crippen LogP contribution in [0.5, 0.6) is 11.5 Å². The van der Waals surface area contributed by atoms with Crippen LogP contribution in [0.3, 0.4) is 0 Å². The van der Waals surface area contributed by atoms with E-state index in [-0.39, 0.29) is 12.1 Å². The van der Waals surface area contributed by atoms with Crippen molar-refractivity contribution in [2.24, 2.45) is 5.73 Å². The fourth-order valence-corrected chi connectivity index (χ4v) is 2.83. The molecule has 0 fully saturated rings. The molecule has 0 spiro atoms. The standard InChI is InChI=1S/C18H22N2O2/c1-13(19)10-16(14-6-4-3-5-7-14)20(2)15-8-9-17-18(11-15)22-12-21-17/h3-9,11,13,16H,10,12,19H2,1-2H3. The summed E-state index contributed by atoms with van der Waals surface area (Å²) in [5.74, 6) is 1.61. The van der Waals surface area contributed by atoms with Gasteiger partial charge in [0.05, 0.1) is 6.04 Å². The second-order valence-electron chi connectivity index (χ2n) is 5.79. The lowest BCUT2D eigenvalue weighted by atomic mass is 9.98. The Kier molecular flexibility index (Phi) is 4.20. The Hall–Kier alpha value is -2.20. The summed E-state index contributed by atoms with van der Waals surface area (Å²) in [6.07, 6.45) is 0.884. The Morgan fingerprint density at radius 2 is 1.82 bits per heavy atom. The van der Waals surface area contributed by atoms with Crippen LogP contribution in [-0.2, 0) is 0 Å². The SMILES string of the molecule is CC(N)CC(c1ccccc1)N(C)c1ccc2c(c1)OCO2. The van der Waals surface area contributed by atoms with E-state index in [0.717, 1.165) is 23.6 Å². The van der Waals surface area contributed by atoms with Crippen LogP contribution in [0.4, 0.5) is 5.69 Å². The number of hydrogen-bond acceptors (Lipinski definition) is 4. The Morgan fingerprint density at radius 1 is 1.09 bits per heavy atom. The van der Waals surface area contributed by atoms with Crippen LogP contribution in [0.15, 0.2) is 48.5 Å². The molecular weight excluding hydrogens is 276 g/mol. The average Bonchev–Trinajstić information content (AvgIpc) is 3.00. The smallest absolute Gasteiger partial charge is 0.231 e. The van der Waals surface area contributed by atoms with Gasteiger partial charge in [-0.15, -0.1) is 0 Å². The maximum atomic E-state index is 6.07. The van der Waals surface area contributed by atoms with Gasteiger partial charge >= 0.3 is 0 Å². The van der Waals surface area contributed by atoms with Gasteiger partial charge in [0.2, 0.25) is 6.79 Å². The monoisotopic (exact) mass is 298 g/mol. The molecule has 1 aliphatic heterocycles. The van der Waals surface area contributed by atoms with E-state index >= 15 is 0 Å². The molecule has 2 N–H and O–H groups in total. The second kappa shape index (κ2) is 6.28. The highest BCUT2D eigenvalue weighted by molar-refractivity contribution is 5.58. The molecule has 2 aromatic carbocycles. The molecule has 3 rings (SSSR count). The van der Waals surface area contributed by atoms with Crippen molar-refractivity contribution in [3.05, 3.63) is 54.1 Å². The van der Waals surface area contributed by atoms with Crippen molar-refractivity contribution in [2.45, 2.75) is 25.4 Å². The molecule has 4 heteroatoms. The van der Waals surface area contributed by atoms with E-state index in [1.165, 1.54) is 5.56 Å². The molecule has 0 aliphatic carbocycles. The second-order valence-corrected chi connectivity index (χ2v) is 5.79. The summed E-state index contributed by atoms with van der Waals surface area (Å²) in [6.45, 7) is 2.34. The van der Waals surface area contributed by atoms with Crippen molar-refractivity contribution in [1.82, 2.24) is 0 Å². The van der Waals surface area contributed by atoms with Gasteiger partial charge in [0, 0.05) is 24.8 Å². The molecule has 0 aromatic heterocycles. The third-order valence-electron chi connectivity index (χ3n) is 4.01. The zero-order valence-corrected chi connectivity index (χ0v) is 13.0. The molecule has 0 radical (unpaired) electrons. The molecule has 1 aliphatic rings. The van der Waals surface area contributed by atoms with Gasteiger partial charge in [-0.3, -0.25) is 0 Å². The first-order chi connectivity index (χ1) is 10.6. The Balaban J connectivity index is 1.90. The van der Waals surface area contributed by atoms with Crippen molar-refractivity contribution in [1.29, 1.82) is 0 Å². The van der Waals surface area contributed by atoms with Crippen LogP contribution < -0.4 is 20.1 Å². The van der Waals surface area contributed by atoms with Crippen molar-refractivity contribution >= 4 is 5.69 Å². The fourth-order valence-electron chi connectivity index (χ4n) is 2.83. The van der Waals surface area contributed by atoms with Crippen LogP contribution in [-0.4, -0.2) is 19.9 Å². The number of benzene rings is 2. The number of nitrogens with zero attached hydrogens (tertiary/aromatic N) is 1. The van der Waals surface area contributed by atoms with E-state index in [1.54, 1.807) is 0 Å². The molecule has 1 heterocycles. The molecule has 2 unspecified atom stereocenters. The molecule has 4 nitrogen and oxygen atoms in total. The van der Waals surface area contributed by atoms with Crippen LogP contribution in [0.2, 0.25) is 0 Å². The number of anilines is 1. The first-order valence-electron chi connectivity index (χ1n) is 7.58. The van der Waals surface area contributed by atoms with Gasteiger partial charge in [-0.05, 0) is 31.0 Å². The zero-order chi connectivity index (χ0) is 15.5. The van der Waals surface area contributed by atoms with Gasteiger partial charge < -0.3 is 20.1 Å². The minimum atomic E-state index is 0.127. The first kappa shape index (κ1) is 14.7. The summed E-state index contributed by atoms with van der Waals surface area (Å²) in [4.78, 5) is 2.25. The third-order valence-corrected chi connectivity index (χ3v) is 4.01. The lowest BCUT2D eigenvalue weighted by Gasteiger charge is -2.32. The van der Waals surface area contributed by atoms with Gasteiger partial charge in [0.25, 0.3) is 0 Å². The number of rotatable bonds is 5. The van der Waals surface area contributed by atoms with Gasteiger partial charge in [-0.1, -0.05) is 30.3 Å². The highest BCUT2D eigenvalue weighted by Crippen LogP contribution is 2.38. The molecule has 2 aromatic rings. The number of fused-ring (bicyclic) bond motifs is 1. The topological polar surface area (TPSA) is 47.7 Å². The zero-order valence-electron chi connectivity index (χ0n) is 13.0. The van der Waals surface area contributed by atoms with Crippen molar-refractivity contribution < 1.29 is 9.47 Å². The van der Waals surface area contributed by atoms with Crippen molar-refractivity contribution in [2.75, 3.05) is 18.7 Å². The maximum Gasteiger partial charge on any atom is 0.231 e. The number of nitrogens with two attached hydrogens (primary N) is 1. The first-order valence-corrected chi connectivity index (χ1v) is 7.58. The molecule has 0 saturated heterocycles. The van der Waals surface area contributed by atoms with Gasteiger partial charge in [0.15, 0.2) is 11.5 Å². The normalized spacial score (nSPS) is 15.4. The van der Waals surface area contributed by atoms with Crippen LogP contribution in [0, 0.1) is 0 Å². The summed E-state index contributed by atoms with van der Waals surface area (Å²) >= 11 is 0. The minimum absolute atomic E-state index is 0.127. The minimum Gasteiger partial charge on any atom is -0.454 e. The van der Waals surface area contributed by atoms with E-state index in [4.69, 9.17) is 15.2 Å². The van der Waals surface area contributed by atoms with E-state index in [0.29, 0.717) is 6.79 Å². The van der Waals surface area contributed by atoms with E-state index in [1.807, 2.05) is 25.1 Å². The molecule has 22 heavy (non-hydrogen) atoms. The van der Waals surface area contributed by atoms with Crippen LogP contribution in [0.25, 0.3) is 0 Å². The summed E-state index contributed by atoms with van der Waals surface area (Å²) in [7, 11) is 2.09. The lowest BCUT2D eigenvalue weighted by molar-refractivity contribution is 0.174. The van der Waals surface area contributed by atoms with Gasteiger partial charge in [-0.25, -0.2) is 0 Å². The lowest BCUT2D eigenvalue weighted by Crippen LogP contribution is -2.30. The van der Waals surface area contributed by atoms with Crippen LogP contribution in [0.1, 0.15) is 24.9 Å². The summed E-state index contributed by atoms with van der Waals surface area (Å²) < 4.78 is 10.9. The number of ether oxygens (including phenoxy) is 2. The average molecular weight is 298 g/mol. The quantitative estimate of drug-likeness (QED) is 0.920. The van der Waals surface area contributed by atoms with Crippen molar-refractivity contribution in [3.8, 4) is 11.5 Å². The summed E-state index contributed by atoms with van der Waals surface area (Å²) in [5, 5.41) is 0. The highest BCUT2D eigenvalue weighted by atomic mass is 16.7. The Bertz CT molecular complexity index is 628. The molecular formula is C18H22N2O2. The maximum absolute atomic E-state index is 6.07.